The lowest BCUT2D eigenvalue weighted by Crippen LogP contribution is -2.29. The van der Waals surface area contributed by atoms with Crippen LogP contribution in [0.25, 0.3) is 10.8 Å². The van der Waals surface area contributed by atoms with Crippen molar-refractivity contribution in [3.8, 4) is 5.75 Å². The van der Waals surface area contributed by atoms with E-state index in [4.69, 9.17) is 4.74 Å². The second-order valence-corrected chi connectivity index (χ2v) is 5.08. The van der Waals surface area contributed by atoms with E-state index in [-0.39, 0.29) is 18.1 Å². The largest absolute Gasteiger partial charge is 0.497 e. The Morgan fingerprint density at radius 3 is 2.54 bits per heavy atom. The third-order valence-electron chi connectivity index (χ3n) is 3.54. The van der Waals surface area contributed by atoms with Gasteiger partial charge < -0.3 is 15.4 Å². The summed E-state index contributed by atoms with van der Waals surface area (Å²) in [6.45, 7) is 0.194. The van der Waals surface area contributed by atoms with Crippen LogP contribution >= 0.6 is 0 Å². The van der Waals surface area contributed by atoms with Gasteiger partial charge in [-0.3, -0.25) is 4.79 Å². The van der Waals surface area contributed by atoms with Crippen molar-refractivity contribution in [1.29, 1.82) is 0 Å². The molecule has 0 bridgehead atoms. The number of hydrogen-bond donors (Lipinski definition) is 3. The number of carbonyl (C=O) groups excluding carboxylic acids is 1. The molecule has 0 aliphatic heterocycles. The summed E-state index contributed by atoms with van der Waals surface area (Å²) in [5.41, 5.74) is 0.986. The summed E-state index contributed by atoms with van der Waals surface area (Å²) in [6.07, 6.45) is 0. The molecule has 122 valence electrons. The van der Waals surface area contributed by atoms with Gasteiger partial charge in [0.1, 0.15) is 5.75 Å². The first-order valence-electron chi connectivity index (χ1n) is 7.32. The van der Waals surface area contributed by atoms with Crippen LogP contribution in [0.15, 0.2) is 53.3 Å². The molecule has 3 rings (SSSR count). The van der Waals surface area contributed by atoms with E-state index in [1.165, 1.54) is 0 Å². The fourth-order valence-corrected chi connectivity index (χ4v) is 2.32. The summed E-state index contributed by atoms with van der Waals surface area (Å²) in [5, 5.41) is 13.1. The summed E-state index contributed by atoms with van der Waals surface area (Å²) >= 11 is 0. The average molecular weight is 324 g/mol. The predicted octanol–water partition coefficient (Wildman–Crippen LogP) is 2.25. The Hall–Kier alpha value is -3.35. The number of anilines is 1. The van der Waals surface area contributed by atoms with Crippen LogP contribution < -0.4 is 20.9 Å². The first kappa shape index (κ1) is 15.5. The van der Waals surface area contributed by atoms with Gasteiger partial charge in [-0.1, -0.05) is 18.2 Å². The molecule has 1 heterocycles. The van der Waals surface area contributed by atoms with Gasteiger partial charge in [-0.25, -0.2) is 9.89 Å². The molecule has 0 radical (unpaired) electrons. The predicted molar refractivity (Wildman–Crippen MR) is 91.2 cm³/mol. The van der Waals surface area contributed by atoms with E-state index in [0.29, 0.717) is 27.9 Å². The lowest BCUT2D eigenvalue weighted by Gasteiger charge is -2.09. The van der Waals surface area contributed by atoms with Crippen LogP contribution in [0.5, 0.6) is 5.75 Å². The van der Waals surface area contributed by atoms with E-state index < -0.39 is 0 Å². The van der Waals surface area contributed by atoms with Crippen LogP contribution in [-0.4, -0.2) is 23.3 Å². The second kappa shape index (κ2) is 6.82. The number of ether oxygens (including phenoxy) is 1. The van der Waals surface area contributed by atoms with Crippen molar-refractivity contribution in [3.63, 3.8) is 0 Å². The van der Waals surface area contributed by atoms with Gasteiger partial charge in [-0.15, -0.1) is 0 Å². The molecule has 0 saturated heterocycles. The molecule has 0 fully saturated rings. The maximum absolute atomic E-state index is 12.0. The maximum Gasteiger partial charge on any atom is 0.319 e. The van der Waals surface area contributed by atoms with Crippen molar-refractivity contribution in [3.05, 3.63) is 64.6 Å². The van der Waals surface area contributed by atoms with Crippen molar-refractivity contribution in [2.24, 2.45) is 0 Å². The van der Waals surface area contributed by atoms with Crippen LogP contribution in [-0.2, 0) is 6.54 Å². The minimum absolute atomic E-state index is 0.194. The zero-order valence-corrected chi connectivity index (χ0v) is 13.0. The molecular weight excluding hydrogens is 308 g/mol. The van der Waals surface area contributed by atoms with Gasteiger partial charge in [-0.2, -0.15) is 5.10 Å². The fourth-order valence-electron chi connectivity index (χ4n) is 2.32. The van der Waals surface area contributed by atoms with Crippen LogP contribution in [0.4, 0.5) is 10.5 Å². The summed E-state index contributed by atoms with van der Waals surface area (Å²) in [7, 11) is 1.58. The molecule has 0 saturated carbocycles. The van der Waals surface area contributed by atoms with Gasteiger partial charge in [0.05, 0.1) is 24.7 Å². The van der Waals surface area contributed by atoms with Gasteiger partial charge in [0.15, 0.2) is 0 Å². The third-order valence-corrected chi connectivity index (χ3v) is 3.54. The quantitative estimate of drug-likeness (QED) is 0.686. The topological polar surface area (TPSA) is 96.1 Å². The van der Waals surface area contributed by atoms with Crippen LogP contribution in [0.2, 0.25) is 0 Å². The Morgan fingerprint density at radius 2 is 1.83 bits per heavy atom. The second-order valence-electron chi connectivity index (χ2n) is 5.08. The summed E-state index contributed by atoms with van der Waals surface area (Å²) in [5.74, 6) is 0.713. The van der Waals surface area contributed by atoms with Gasteiger partial charge in [0.2, 0.25) is 0 Å². The number of aromatic nitrogens is 2. The van der Waals surface area contributed by atoms with Gasteiger partial charge in [0, 0.05) is 11.1 Å². The van der Waals surface area contributed by atoms with Crippen molar-refractivity contribution in [1.82, 2.24) is 15.5 Å². The molecule has 0 aliphatic carbocycles. The molecule has 2 amide bonds. The highest BCUT2D eigenvalue weighted by Crippen LogP contribution is 2.15. The number of nitrogens with one attached hydrogen (secondary N) is 3. The van der Waals surface area contributed by atoms with Crippen molar-refractivity contribution in [2.75, 3.05) is 12.4 Å². The molecule has 0 atom stereocenters. The van der Waals surface area contributed by atoms with Gasteiger partial charge >= 0.3 is 6.03 Å². The minimum Gasteiger partial charge on any atom is -0.497 e. The van der Waals surface area contributed by atoms with E-state index >= 15 is 0 Å². The average Bonchev–Trinajstić information content (AvgIpc) is 2.62. The number of carbonyl (C=O) groups is 1. The zero-order chi connectivity index (χ0) is 16.9. The van der Waals surface area contributed by atoms with Crippen LogP contribution in [0.3, 0.4) is 0 Å². The number of fused-ring (bicyclic) bond motifs is 1. The standard InChI is InChI=1S/C17H16N4O3/c1-24-12-8-6-11(7-9-12)19-17(23)18-10-15-13-4-2-3-5-14(13)16(22)21-20-15/h2-9H,10H2,1H3,(H,21,22)(H2,18,19,23). The molecular formula is C17H16N4O3. The Kier molecular flexibility index (Phi) is 4.42. The molecule has 24 heavy (non-hydrogen) atoms. The fraction of sp³-hybridized carbons (Fsp3) is 0.118. The summed E-state index contributed by atoms with van der Waals surface area (Å²) in [6, 6.07) is 13.8. The molecule has 0 aliphatic rings. The maximum atomic E-state index is 12.0. The number of methoxy groups -OCH3 is 1. The summed E-state index contributed by atoms with van der Waals surface area (Å²) < 4.78 is 5.06. The van der Waals surface area contributed by atoms with Crippen LogP contribution in [0.1, 0.15) is 5.69 Å². The van der Waals surface area contributed by atoms with Gasteiger partial charge in [0.25, 0.3) is 5.56 Å². The molecule has 0 unspecified atom stereocenters. The number of rotatable bonds is 4. The lowest BCUT2D eigenvalue weighted by atomic mass is 10.1. The summed E-state index contributed by atoms with van der Waals surface area (Å²) in [4.78, 5) is 23.7. The molecule has 7 nitrogen and oxygen atoms in total. The van der Waals surface area contributed by atoms with E-state index in [0.717, 1.165) is 0 Å². The number of benzene rings is 2. The SMILES string of the molecule is COc1ccc(NC(=O)NCc2n[nH]c(=O)c3ccccc23)cc1. The first-order chi connectivity index (χ1) is 11.7. The monoisotopic (exact) mass is 324 g/mol. The third kappa shape index (κ3) is 3.35. The highest BCUT2D eigenvalue weighted by atomic mass is 16.5. The Bertz CT molecular complexity index is 919. The highest BCUT2D eigenvalue weighted by molar-refractivity contribution is 5.90. The molecule has 1 aromatic heterocycles. The highest BCUT2D eigenvalue weighted by Gasteiger charge is 2.08. The van der Waals surface area contributed by atoms with E-state index in [2.05, 4.69) is 20.8 Å². The number of aromatic amines is 1. The Labute approximate surface area is 137 Å². The van der Waals surface area contributed by atoms with Crippen molar-refractivity contribution in [2.45, 2.75) is 6.54 Å². The molecule has 3 aromatic rings. The number of hydrogen-bond acceptors (Lipinski definition) is 4. The Balaban J connectivity index is 1.68. The van der Waals surface area contributed by atoms with Crippen molar-refractivity contribution >= 4 is 22.5 Å². The number of urea groups is 1. The van der Waals surface area contributed by atoms with E-state index in [9.17, 15) is 9.59 Å². The van der Waals surface area contributed by atoms with Crippen molar-refractivity contribution < 1.29 is 9.53 Å². The molecule has 0 spiro atoms. The lowest BCUT2D eigenvalue weighted by molar-refractivity contribution is 0.251. The normalized spacial score (nSPS) is 10.4. The van der Waals surface area contributed by atoms with Gasteiger partial charge in [-0.05, 0) is 30.3 Å². The molecule has 2 aromatic carbocycles. The molecule has 7 heteroatoms. The van der Waals surface area contributed by atoms with E-state index in [1.807, 2.05) is 6.07 Å². The first-order valence-corrected chi connectivity index (χ1v) is 7.32. The minimum atomic E-state index is -0.364. The zero-order valence-electron chi connectivity index (χ0n) is 13.0. The molecule has 3 N–H and O–H groups in total. The van der Waals surface area contributed by atoms with Crippen LogP contribution in [0, 0.1) is 0 Å². The smallest absolute Gasteiger partial charge is 0.319 e. The number of H-pyrrole nitrogens is 1. The Morgan fingerprint density at radius 1 is 1.12 bits per heavy atom. The number of amides is 2. The van der Waals surface area contributed by atoms with E-state index in [1.54, 1.807) is 49.6 Å². The number of nitrogens with zero attached hydrogens (tertiary/aromatic N) is 1.